The van der Waals surface area contributed by atoms with Crippen LogP contribution in [0.5, 0.6) is 0 Å². The van der Waals surface area contributed by atoms with Crippen LogP contribution in [-0.4, -0.2) is 43.5 Å². The number of benzene rings is 1. The van der Waals surface area contributed by atoms with E-state index in [1.54, 1.807) is 6.07 Å². The van der Waals surface area contributed by atoms with Gasteiger partial charge in [-0.05, 0) is 25.0 Å². The topological polar surface area (TPSA) is 64.6 Å². The Bertz CT molecular complexity index is 520. The van der Waals surface area contributed by atoms with Gasteiger partial charge in [0.1, 0.15) is 0 Å². The fourth-order valence-electron chi connectivity index (χ4n) is 1.97. The van der Waals surface area contributed by atoms with E-state index in [9.17, 15) is 9.59 Å². The molecule has 1 aromatic rings. The van der Waals surface area contributed by atoms with Crippen molar-refractivity contribution in [2.24, 2.45) is 0 Å². The number of ether oxygens (including phenoxy) is 2. The lowest BCUT2D eigenvalue weighted by Crippen LogP contribution is -2.35. The van der Waals surface area contributed by atoms with Crippen LogP contribution in [0.4, 0.5) is 0 Å². The zero-order valence-electron chi connectivity index (χ0n) is 12.0. The second-order valence-electron chi connectivity index (χ2n) is 4.82. The molecular formula is C15H18ClNO4S. The predicted octanol–water partition coefficient (Wildman–Crippen LogP) is 2.27. The number of amides is 1. The lowest BCUT2D eigenvalue weighted by atomic mass is 10.2. The van der Waals surface area contributed by atoms with Gasteiger partial charge in [-0.2, -0.15) is 0 Å². The van der Waals surface area contributed by atoms with Gasteiger partial charge in [0.05, 0.1) is 16.9 Å². The first-order valence-electron chi connectivity index (χ1n) is 7.06. The minimum atomic E-state index is -0.447. The van der Waals surface area contributed by atoms with Gasteiger partial charge in [-0.3, -0.25) is 9.59 Å². The number of rotatable bonds is 7. The number of halogens is 1. The maximum atomic E-state index is 11.6. The Labute approximate surface area is 138 Å². The van der Waals surface area contributed by atoms with Gasteiger partial charge in [0.25, 0.3) is 5.91 Å². The Morgan fingerprint density at radius 1 is 1.41 bits per heavy atom. The fraction of sp³-hybridized carbons (Fsp3) is 0.467. The number of nitrogens with one attached hydrogen (secondary N) is 1. The third-order valence-electron chi connectivity index (χ3n) is 3.10. The van der Waals surface area contributed by atoms with Crippen LogP contribution in [0.25, 0.3) is 0 Å². The van der Waals surface area contributed by atoms with Gasteiger partial charge in [0, 0.05) is 18.0 Å². The van der Waals surface area contributed by atoms with Crippen LogP contribution in [0.15, 0.2) is 29.2 Å². The lowest BCUT2D eigenvalue weighted by Gasteiger charge is -2.11. The van der Waals surface area contributed by atoms with Crippen LogP contribution < -0.4 is 5.32 Å². The van der Waals surface area contributed by atoms with E-state index in [-0.39, 0.29) is 24.4 Å². The molecular weight excluding hydrogens is 326 g/mol. The molecule has 0 aromatic heterocycles. The average Bonchev–Trinajstić information content (AvgIpc) is 3.03. The van der Waals surface area contributed by atoms with E-state index in [0.717, 1.165) is 24.3 Å². The number of thioether (sulfide) groups is 1. The van der Waals surface area contributed by atoms with Crippen LogP contribution in [0.1, 0.15) is 12.8 Å². The standard InChI is InChI=1S/C15H18ClNO4S/c16-12-5-1-2-6-13(12)22-10-15(19)21-9-14(18)17-8-11-4-3-7-20-11/h1-2,5-6,11H,3-4,7-10H2,(H,17,18)/t11-/m1/s1. The molecule has 1 aliphatic heterocycles. The number of carbonyl (C=O) groups excluding carboxylic acids is 2. The number of esters is 1. The Kier molecular flexibility index (Phi) is 7.02. The smallest absolute Gasteiger partial charge is 0.316 e. The van der Waals surface area contributed by atoms with E-state index in [1.165, 1.54) is 11.8 Å². The quantitative estimate of drug-likeness (QED) is 0.607. The second kappa shape index (κ2) is 9.02. The van der Waals surface area contributed by atoms with Crippen molar-refractivity contribution in [3.63, 3.8) is 0 Å². The summed E-state index contributed by atoms with van der Waals surface area (Å²) in [5, 5.41) is 3.29. The average molecular weight is 344 g/mol. The third kappa shape index (κ3) is 5.87. The third-order valence-corrected chi connectivity index (χ3v) is 4.59. The fourth-order valence-corrected chi connectivity index (χ4v) is 3.01. The molecule has 5 nitrogen and oxygen atoms in total. The first kappa shape index (κ1) is 17.1. The van der Waals surface area contributed by atoms with Crippen molar-refractivity contribution >= 4 is 35.2 Å². The van der Waals surface area contributed by atoms with E-state index in [1.807, 2.05) is 18.2 Å². The van der Waals surface area contributed by atoms with Gasteiger partial charge in [0.15, 0.2) is 6.61 Å². The predicted molar refractivity (Wildman–Crippen MR) is 85.1 cm³/mol. The molecule has 1 atom stereocenters. The molecule has 0 radical (unpaired) electrons. The summed E-state index contributed by atoms with van der Waals surface area (Å²) in [5.74, 6) is -0.647. The summed E-state index contributed by atoms with van der Waals surface area (Å²) in [5.41, 5.74) is 0. The molecule has 0 saturated carbocycles. The van der Waals surface area contributed by atoms with Crippen LogP contribution in [-0.2, 0) is 19.1 Å². The molecule has 120 valence electrons. The Morgan fingerprint density at radius 3 is 2.95 bits per heavy atom. The monoisotopic (exact) mass is 343 g/mol. The van der Waals surface area contributed by atoms with E-state index in [4.69, 9.17) is 21.1 Å². The van der Waals surface area contributed by atoms with Crippen LogP contribution >= 0.6 is 23.4 Å². The van der Waals surface area contributed by atoms with Crippen molar-refractivity contribution in [2.45, 2.75) is 23.8 Å². The highest BCUT2D eigenvalue weighted by Crippen LogP contribution is 2.26. The van der Waals surface area contributed by atoms with Gasteiger partial charge in [-0.1, -0.05) is 23.7 Å². The van der Waals surface area contributed by atoms with E-state index in [0.29, 0.717) is 11.6 Å². The molecule has 0 spiro atoms. The molecule has 0 bridgehead atoms. The van der Waals surface area contributed by atoms with Crippen molar-refractivity contribution in [2.75, 3.05) is 25.5 Å². The summed E-state index contributed by atoms with van der Waals surface area (Å²) in [7, 11) is 0. The molecule has 1 fully saturated rings. The summed E-state index contributed by atoms with van der Waals surface area (Å²) in [6.07, 6.45) is 2.05. The molecule has 1 N–H and O–H groups in total. The van der Waals surface area contributed by atoms with Gasteiger partial charge in [0.2, 0.25) is 0 Å². The van der Waals surface area contributed by atoms with Crippen molar-refractivity contribution in [1.82, 2.24) is 5.32 Å². The second-order valence-corrected chi connectivity index (χ2v) is 6.24. The minimum Gasteiger partial charge on any atom is -0.455 e. The number of hydrogen-bond acceptors (Lipinski definition) is 5. The molecule has 1 aliphatic rings. The van der Waals surface area contributed by atoms with Crippen molar-refractivity contribution in [3.05, 3.63) is 29.3 Å². The van der Waals surface area contributed by atoms with Crippen LogP contribution in [0.3, 0.4) is 0 Å². The van der Waals surface area contributed by atoms with E-state index < -0.39 is 5.97 Å². The summed E-state index contributed by atoms with van der Waals surface area (Å²) in [4.78, 5) is 24.0. The zero-order chi connectivity index (χ0) is 15.8. The van der Waals surface area contributed by atoms with Gasteiger partial charge in [-0.15, -0.1) is 11.8 Å². The summed E-state index contributed by atoms with van der Waals surface area (Å²) < 4.78 is 10.3. The molecule has 1 amide bonds. The highest BCUT2D eigenvalue weighted by atomic mass is 35.5. The molecule has 1 heterocycles. The minimum absolute atomic E-state index is 0.0791. The largest absolute Gasteiger partial charge is 0.455 e. The van der Waals surface area contributed by atoms with E-state index >= 15 is 0 Å². The molecule has 1 saturated heterocycles. The summed E-state index contributed by atoms with van der Waals surface area (Å²) >= 11 is 7.27. The van der Waals surface area contributed by atoms with Crippen molar-refractivity contribution < 1.29 is 19.1 Å². The first-order chi connectivity index (χ1) is 10.6. The normalized spacial score (nSPS) is 17.2. The lowest BCUT2D eigenvalue weighted by molar-refractivity contribution is -0.146. The van der Waals surface area contributed by atoms with Crippen molar-refractivity contribution in [3.8, 4) is 0 Å². The SMILES string of the molecule is O=C(COC(=O)CSc1ccccc1Cl)NC[C@H]1CCCO1. The molecule has 0 unspecified atom stereocenters. The molecule has 0 aliphatic carbocycles. The Balaban J connectivity index is 1.60. The number of hydrogen-bond donors (Lipinski definition) is 1. The van der Waals surface area contributed by atoms with Gasteiger partial charge >= 0.3 is 5.97 Å². The maximum absolute atomic E-state index is 11.6. The van der Waals surface area contributed by atoms with Crippen LogP contribution in [0.2, 0.25) is 5.02 Å². The first-order valence-corrected chi connectivity index (χ1v) is 8.43. The molecule has 2 rings (SSSR count). The van der Waals surface area contributed by atoms with Crippen LogP contribution in [0, 0.1) is 0 Å². The Morgan fingerprint density at radius 2 is 2.23 bits per heavy atom. The number of carbonyl (C=O) groups is 2. The van der Waals surface area contributed by atoms with Gasteiger partial charge < -0.3 is 14.8 Å². The molecule has 22 heavy (non-hydrogen) atoms. The van der Waals surface area contributed by atoms with E-state index in [2.05, 4.69) is 5.32 Å². The zero-order valence-corrected chi connectivity index (χ0v) is 13.6. The molecule has 1 aromatic carbocycles. The Hall–Kier alpha value is -1.24. The highest BCUT2D eigenvalue weighted by Gasteiger charge is 2.16. The maximum Gasteiger partial charge on any atom is 0.316 e. The highest BCUT2D eigenvalue weighted by molar-refractivity contribution is 8.00. The van der Waals surface area contributed by atoms with Gasteiger partial charge in [-0.25, -0.2) is 0 Å². The summed E-state index contributed by atoms with van der Waals surface area (Å²) in [6, 6.07) is 7.25. The van der Waals surface area contributed by atoms with Crippen molar-refractivity contribution in [1.29, 1.82) is 0 Å². The molecule has 7 heteroatoms. The summed E-state index contributed by atoms with van der Waals surface area (Å²) in [6.45, 7) is 0.939.